The Labute approximate surface area is 309 Å². The Hall–Kier alpha value is -3.00. The SMILES string of the molecule is Cc1ccc(C)c(Cc2c(C)c(C)cc(Cc3cc(C)cc(Cc4cc(C)c([15OH])c(Cc5cc(C)ccc5C)c4C)c3C)c2C)c1.[Y]. The molecule has 0 heterocycles. The number of hydrogen-bond acceptors (Lipinski definition) is 1. The van der Waals surface area contributed by atoms with Crippen LogP contribution in [0.5, 0.6) is 5.75 Å². The number of phenols is 1. The van der Waals surface area contributed by atoms with Crippen LogP contribution in [0.1, 0.15) is 106 Å². The molecule has 5 aromatic rings. The Balaban J connectivity index is 0.00000500. The van der Waals surface area contributed by atoms with Gasteiger partial charge in [-0.15, -0.1) is 0 Å². The van der Waals surface area contributed by atoms with E-state index in [2.05, 4.69) is 130 Å². The maximum Gasteiger partial charge on any atom is 0.122 e. The second kappa shape index (κ2) is 15.0. The number of phenolic OH excluding ortho intramolecular Hbond substituents is 1. The van der Waals surface area contributed by atoms with Gasteiger partial charge >= 0.3 is 0 Å². The fraction of sp³-hybridized carbons (Fsp3) is 0.333. The van der Waals surface area contributed by atoms with Gasteiger partial charge in [-0.3, -0.25) is 0 Å². The largest absolute Gasteiger partial charge is 0.507 e. The van der Waals surface area contributed by atoms with Gasteiger partial charge in [-0.1, -0.05) is 77.4 Å². The van der Waals surface area contributed by atoms with Crippen LogP contribution in [-0.4, -0.2) is 5.11 Å². The zero-order valence-corrected chi connectivity index (χ0v) is 33.5. The van der Waals surface area contributed by atoms with Crippen molar-refractivity contribution in [1.82, 2.24) is 0 Å². The normalized spacial score (nSPS) is 11.1. The van der Waals surface area contributed by atoms with Gasteiger partial charge in [0.2, 0.25) is 0 Å². The van der Waals surface area contributed by atoms with E-state index in [1.165, 1.54) is 94.6 Å². The molecule has 47 heavy (non-hydrogen) atoms. The van der Waals surface area contributed by atoms with E-state index in [4.69, 9.17) is 0 Å². The van der Waals surface area contributed by atoms with Crippen molar-refractivity contribution in [2.75, 3.05) is 0 Å². The van der Waals surface area contributed by atoms with Crippen LogP contribution in [0, 0.1) is 76.2 Å². The maximum atomic E-state index is 11.2. The molecular weight excluding hydrogens is 644 g/mol. The van der Waals surface area contributed by atoms with Gasteiger partial charge in [0.25, 0.3) is 0 Å². The topological polar surface area (TPSA) is 20.2 Å². The molecule has 0 fully saturated rings. The summed E-state index contributed by atoms with van der Waals surface area (Å²) in [6.07, 6.45) is 3.51. The zero-order valence-electron chi connectivity index (χ0n) is 30.6. The first-order chi connectivity index (χ1) is 21.7. The number of benzene rings is 5. The van der Waals surface area contributed by atoms with E-state index in [0.717, 1.165) is 36.8 Å². The molecule has 0 aromatic heterocycles. The van der Waals surface area contributed by atoms with E-state index in [-0.39, 0.29) is 32.7 Å². The second-order valence-electron chi connectivity index (χ2n) is 14.2. The first kappa shape index (κ1) is 36.8. The Morgan fingerprint density at radius 2 is 0.766 bits per heavy atom. The van der Waals surface area contributed by atoms with Gasteiger partial charge < -0.3 is 5.11 Å². The number of rotatable bonds is 8. The minimum absolute atomic E-state index is 0. The standard InChI is InChI=1S/C45H52O.Y/c1-26-12-14-29(4)37(16-26)24-43-33(8)31(6)20-41(35(43)10)22-39-18-28(3)19-40(34(39)9)23-42-21-32(7)45(46)44(36(42)11)25-38-17-27(2)13-15-30(38)5;/h12-21,46H,22-25H2,1-11H3;/i46-1;. The van der Waals surface area contributed by atoms with Crippen LogP contribution in [-0.2, 0) is 58.4 Å². The molecule has 1 nitrogen and oxygen atoms in total. The Kier molecular flexibility index (Phi) is 11.8. The van der Waals surface area contributed by atoms with Crippen molar-refractivity contribution < 1.29 is 37.8 Å². The first-order valence-electron chi connectivity index (χ1n) is 16.8. The van der Waals surface area contributed by atoms with Crippen molar-refractivity contribution in [2.24, 2.45) is 0 Å². The summed E-state index contributed by atoms with van der Waals surface area (Å²) >= 11 is 0. The second-order valence-corrected chi connectivity index (χ2v) is 14.2. The van der Waals surface area contributed by atoms with Crippen molar-refractivity contribution in [3.05, 3.63) is 166 Å². The van der Waals surface area contributed by atoms with Crippen LogP contribution in [0.25, 0.3) is 0 Å². The zero-order chi connectivity index (χ0) is 33.4. The van der Waals surface area contributed by atoms with Crippen LogP contribution in [0.3, 0.4) is 0 Å². The fourth-order valence-electron chi connectivity index (χ4n) is 7.24. The third kappa shape index (κ3) is 8.01. The molecule has 0 atom stereocenters. The van der Waals surface area contributed by atoms with Gasteiger partial charge in [0, 0.05) is 44.7 Å². The van der Waals surface area contributed by atoms with Crippen molar-refractivity contribution in [3.63, 3.8) is 0 Å². The maximum absolute atomic E-state index is 11.2. The molecule has 0 spiro atoms. The molecule has 0 aliphatic rings. The molecule has 241 valence electrons. The molecule has 1 radical (unpaired) electrons. The summed E-state index contributed by atoms with van der Waals surface area (Å²) in [6, 6.07) is 22.8. The van der Waals surface area contributed by atoms with Crippen molar-refractivity contribution in [1.29, 1.82) is 0 Å². The molecule has 1 N–H and O–H groups in total. The monoisotopic (exact) mass is 696 g/mol. The van der Waals surface area contributed by atoms with Gasteiger partial charge in [-0.05, 0) is 179 Å². The van der Waals surface area contributed by atoms with Crippen LogP contribution in [0.2, 0.25) is 0 Å². The Morgan fingerprint density at radius 3 is 1.28 bits per heavy atom. The summed E-state index contributed by atoms with van der Waals surface area (Å²) in [5, 5.41) is 11.2. The van der Waals surface area contributed by atoms with Crippen LogP contribution < -0.4 is 0 Å². The minimum Gasteiger partial charge on any atom is -0.507 e. The number of aryl methyl sites for hydroxylation is 7. The molecular formula is C45H52OY. The molecule has 0 saturated carbocycles. The van der Waals surface area contributed by atoms with Crippen LogP contribution >= 0.6 is 0 Å². The van der Waals surface area contributed by atoms with Gasteiger partial charge in [0.05, 0.1) is 0 Å². The van der Waals surface area contributed by atoms with Gasteiger partial charge in [0.15, 0.2) is 0 Å². The summed E-state index contributed by atoms with van der Waals surface area (Å²) in [4.78, 5) is 0. The van der Waals surface area contributed by atoms with E-state index in [1.807, 2.05) is 6.92 Å². The molecule has 0 aliphatic heterocycles. The third-order valence-electron chi connectivity index (χ3n) is 10.6. The average Bonchev–Trinajstić information content (AvgIpc) is 3.00. The molecule has 5 aromatic carbocycles. The first-order valence-corrected chi connectivity index (χ1v) is 16.8. The number of hydrogen-bond donors (Lipinski definition) is 1. The third-order valence-corrected chi connectivity index (χ3v) is 10.6. The van der Waals surface area contributed by atoms with Gasteiger partial charge in [0.1, 0.15) is 5.75 Å². The van der Waals surface area contributed by atoms with Gasteiger partial charge in [-0.25, -0.2) is 0 Å². The molecule has 5 rings (SSSR count). The van der Waals surface area contributed by atoms with Gasteiger partial charge in [-0.2, -0.15) is 0 Å². The molecule has 2 heteroatoms. The molecule has 0 aliphatic carbocycles. The van der Waals surface area contributed by atoms with E-state index in [9.17, 15) is 5.11 Å². The predicted molar refractivity (Wildman–Crippen MR) is 197 cm³/mol. The Morgan fingerprint density at radius 1 is 0.362 bits per heavy atom. The van der Waals surface area contributed by atoms with Crippen LogP contribution in [0.15, 0.2) is 60.7 Å². The van der Waals surface area contributed by atoms with Crippen molar-refractivity contribution in [2.45, 2.75) is 102 Å². The quantitative estimate of drug-likeness (QED) is 0.171. The van der Waals surface area contributed by atoms with E-state index in [1.54, 1.807) is 0 Å². The summed E-state index contributed by atoms with van der Waals surface area (Å²) in [5.41, 5.74) is 25.0. The molecule has 0 bridgehead atoms. The summed E-state index contributed by atoms with van der Waals surface area (Å²) in [6.45, 7) is 24.4. The molecule has 0 unspecified atom stereocenters. The van der Waals surface area contributed by atoms with Crippen molar-refractivity contribution >= 4 is 0 Å². The van der Waals surface area contributed by atoms with Crippen LogP contribution in [0.4, 0.5) is 0 Å². The average molecular weight is 697 g/mol. The molecule has 0 saturated heterocycles. The molecule has 0 amide bonds. The van der Waals surface area contributed by atoms with E-state index < -0.39 is 0 Å². The Bertz CT molecular complexity index is 1820. The van der Waals surface area contributed by atoms with E-state index in [0.29, 0.717) is 5.75 Å². The minimum atomic E-state index is 0. The summed E-state index contributed by atoms with van der Waals surface area (Å²) < 4.78 is 0. The predicted octanol–water partition coefficient (Wildman–Crippen LogP) is 11.1. The van der Waals surface area contributed by atoms with Crippen molar-refractivity contribution in [3.8, 4) is 5.75 Å². The van der Waals surface area contributed by atoms with E-state index >= 15 is 0 Å². The fourth-order valence-corrected chi connectivity index (χ4v) is 7.24. The smallest absolute Gasteiger partial charge is 0.122 e. The number of aromatic hydroxyl groups is 1. The summed E-state index contributed by atoms with van der Waals surface area (Å²) in [5.74, 6) is 0.436. The summed E-state index contributed by atoms with van der Waals surface area (Å²) in [7, 11) is 0.